The van der Waals surface area contributed by atoms with Gasteiger partial charge in [0.25, 0.3) is 5.56 Å². The molecule has 1 aromatic carbocycles. The SMILES string of the molecule is Cn1cc(C(F)(F)F)c2cc(C(=O)O)ccc2c1=O. The van der Waals surface area contributed by atoms with E-state index in [4.69, 9.17) is 5.11 Å². The lowest BCUT2D eigenvalue weighted by molar-refractivity contribution is -0.136. The smallest absolute Gasteiger partial charge is 0.418 e. The van der Waals surface area contributed by atoms with E-state index in [1.54, 1.807) is 0 Å². The minimum Gasteiger partial charge on any atom is -0.478 e. The van der Waals surface area contributed by atoms with Crippen molar-refractivity contribution in [1.29, 1.82) is 0 Å². The Morgan fingerprint density at radius 2 is 1.89 bits per heavy atom. The highest BCUT2D eigenvalue weighted by molar-refractivity contribution is 5.95. The fourth-order valence-corrected chi connectivity index (χ4v) is 1.82. The van der Waals surface area contributed by atoms with E-state index in [1.807, 2.05) is 0 Å². The van der Waals surface area contributed by atoms with Crippen LogP contribution in [0, 0.1) is 0 Å². The number of carboxylic acid groups (broad SMARTS) is 1. The number of benzene rings is 1. The Balaban J connectivity index is 2.95. The molecule has 19 heavy (non-hydrogen) atoms. The second-order valence-corrected chi connectivity index (χ2v) is 4.02. The molecular weight excluding hydrogens is 263 g/mol. The zero-order valence-electron chi connectivity index (χ0n) is 9.65. The zero-order valence-corrected chi connectivity index (χ0v) is 9.65. The topological polar surface area (TPSA) is 59.3 Å². The molecule has 0 aliphatic carbocycles. The van der Waals surface area contributed by atoms with Crippen molar-refractivity contribution in [1.82, 2.24) is 4.57 Å². The molecule has 1 heterocycles. The van der Waals surface area contributed by atoms with Gasteiger partial charge in [-0.25, -0.2) is 4.79 Å². The van der Waals surface area contributed by atoms with Gasteiger partial charge in [-0.05, 0) is 18.2 Å². The number of aryl methyl sites for hydroxylation is 1. The van der Waals surface area contributed by atoms with E-state index in [1.165, 1.54) is 7.05 Å². The lowest BCUT2D eigenvalue weighted by Crippen LogP contribution is -2.20. The van der Waals surface area contributed by atoms with Crippen LogP contribution in [0.15, 0.2) is 29.2 Å². The third kappa shape index (κ3) is 2.18. The van der Waals surface area contributed by atoms with Crippen LogP contribution in [-0.2, 0) is 13.2 Å². The van der Waals surface area contributed by atoms with Crippen LogP contribution < -0.4 is 5.56 Å². The number of carbonyl (C=O) groups is 1. The summed E-state index contributed by atoms with van der Waals surface area (Å²) >= 11 is 0. The van der Waals surface area contributed by atoms with Crippen LogP contribution in [0.3, 0.4) is 0 Å². The summed E-state index contributed by atoms with van der Waals surface area (Å²) in [7, 11) is 1.21. The van der Waals surface area contributed by atoms with Crippen molar-refractivity contribution >= 4 is 16.7 Å². The molecule has 0 aliphatic rings. The molecule has 0 atom stereocenters. The molecule has 2 aromatic rings. The van der Waals surface area contributed by atoms with E-state index in [-0.39, 0.29) is 10.9 Å². The summed E-state index contributed by atoms with van der Waals surface area (Å²) in [6.45, 7) is 0. The maximum atomic E-state index is 12.9. The first-order valence-electron chi connectivity index (χ1n) is 5.15. The van der Waals surface area contributed by atoms with Gasteiger partial charge in [0, 0.05) is 24.0 Å². The first kappa shape index (κ1) is 13.1. The van der Waals surface area contributed by atoms with Gasteiger partial charge in [0.2, 0.25) is 0 Å². The monoisotopic (exact) mass is 271 g/mol. The lowest BCUT2D eigenvalue weighted by Gasteiger charge is -2.12. The molecule has 0 saturated carbocycles. The first-order valence-corrected chi connectivity index (χ1v) is 5.15. The summed E-state index contributed by atoms with van der Waals surface area (Å²) in [5.41, 5.74) is -1.95. The average Bonchev–Trinajstić information content (AvgIpc) is 2.31. The van der Waals surface area contributed by atoms with Crippen molar-refractivity contribution in [3.8, 4) is 0 Å². The molecule has 0 amide bonds. The molecule has 0 radical (unpaired) electrons. The standard InChI is InChI=1S/C12H8F3NO3/c1-16-5-9(12(13,14)15)8-4-6(11(18)19)2-3-7(8)10(16)17/h2-5H,1H3,(H,18,19). The number of aromatic carboxylic acids is 1. The highest BCUT2D eigenvalue weighted by Gasteiger charge is 2.34. The number of hydrogen-bond acceptors (Lipinski definition) is 2. The molecule has 0 saturated heterocycles. The van der Waals surface area contributed by atoms with Gasteiger partial charge in [0.15, 0.2) is 0 Å². The minimum atomic E-state index is -4.67. The number of alkyl halides is 3. The number of rotatable bonds is 1. The van der Waals surface area contributed by atoms with Gasteiger partial charge < -0.3 is 9.67 Å². The van der Waals surface area contributed by atoms with Crippen molar-refractivity contribution < 1.29 is 23.1 Å². The minimum absolute atomic E-state index is 0.165. The van der Waals surface area contributed by atoms with E-state index in [9.17, 15) is 22.8 Å². The molecule has 7 heteroatoms. The van der Waals surface area contributed by atoms with Crippen LogP contribution in [0.5, 0.6) is 0 Å². The number of fused-ring (bicyclic) bond motifs is 1. The molecule has 0 bridgehead atoms. The Kier molecular flexibility index (Phi) is 2.84. The summed E-state index contributed by atoms with van der Waals surface area (Å²) < 4.78 is 39.5. The molecule has 4 nitrogen and oxygen atoms in total. The van der Waals surface area contributed by atoms with Crippen molar-refractivity contribution in [3.05, 3.63) is 45.9 Å². The van der Waals surface area contributed by atoms with Gasteiger partial charge in [0.1, 0.15) is 0 Å². The first-order chi connectivity index (χ1) is 8.71. The van der Waals surface area contributed by atoms with E-state index in [0.29, 0.717) is 6.20 Å². The molecule has 0 unspecified atom stereocenters. The van der Waals surface area contributed by atoms with Crippen LogP contribution in [0.25, 0.3) is 10.8 Å². The molecule has 0 fully saturated rings. The third-order valence-corrected chi connectivity index (χ3v) is 2.74. The summed E-state index contributed by atoms with van der Waals surface area (Å²) in [6, 6.07) is 3.06. The van der Waals surface area contributed by atoms with Crippen molar-refractivity contribution in [3.63, 3.8) is 0 Å². The molecule has 1 N–H and O–H groups in total. The van der Waals surface area contributed by atoms with Gasteiger partial charge in [-0.15, -0.1) is 0 Å². The summed E-state index contributed by atoms with van der Waals surface area (Å²) in [4.78, 5) is 22.5. The number of pyridine rings is 1. The van der Waals surface area contributed by atoms with Crippen molar-refractivity contribution in [2.75, 3.05) is 0 Å². The van der Waals surface area contributed by atoms with Crippen LogP contribution in [0.4, 0.5) is 13.2 Å². The van der Waals surface area contributed by atoms with E-state index >= 15 is 0 Å². The lowest BCUT2D eigenvalue weighted by atomic mass is 10.0. The van der Waals surface area contributed by atoms with Gasteiger partial charge in [0.05, 0.1) is 11.1 Å². The molecule has 2 rings (SSSR count). The average molecular weight is 271 g/mol. The second kappa shape index (κ2) is 4.11. The third-order valence-electron chi connectivity index (χ3n) is 2.74. The predicted octanol–water partition coefficient (Wildman–Crippen LogP) is 2.26. The maximum Gasteiger partial charge on any atom is 0.418 e. The zero-order chi connectivity index (χ0) is 14.4. The van der Waals surface area contributed by atoms with Gasteiger partial charge in [-0.1, -0.05) is 0 Å². The molecule has 0 spiro atoms. The quantitative estimate of drug-likeness (QED) is 0.865. The number of aromatic nitrogens is 1. The predicted molar refractivity (Wildman–Crippen MR) is 61.2 cm³/mol. The molecular formula is C12H8F3NO3. The normalized spacial score (nSPS) is 11.8. The molecule has 100 valence electrons. The number of halogens is 3. The highest BCUT2D eigenvalue weighted by Crippen LogP contribution is 2.33. The van der Waals surface area contributed by atoms with Crippen LogP contribution in [0.2, 0.25) is 0 Å². The number of nitrogens with zero attached hydrogens (tertiary/aromatic N) is 1. The Labute approximate surface area is 104 Å². The number of hydrogen-bond donors (Lipinski definition) is 1. The molecule has 0 aliphatic heterocycles. The van der Waals surface area contributed by atoms with Crippen LogP contribution >= 0.6 is 0 Å². The summed E-state index contributed by atoms with van der Waals surface area (Å²) in [5.74, 6) is -1.35. The Morgan fingerprint density at radius 1 is 1.26 bits per heavy atom. The largest absolute Gasteiger partial charge is 0.478 e. The van der Waals surface area contributed by atoms with Crippen LogP contribution in [0.1, 0.15) is 15.9 Å². The molecule has 1 aromatic heterocycles. The number of carboxylic acids is 1. The summed E-state index contributed by atoms with van der Waals surface area (Å²) in [5, 5.41) is 8.23. The van der Waals surface area contributed by atoms with Gasteiger partial charge >= 0.3 is 12.1 Å². The van der Waals surface area contributed by atoms with E-state index in [0.717, 1.165) is 22.8 Å². The van der Waals surface area contributed by atoms with Crippen molar-refractivity contribution in [2.45, 2.75) is 6.18 Å². The highest BCUT2D eigenvalue weighted by atomic mass is 19.4. The Hall–Kier alpha value is -2.31. The Bertz CT molecular complexity index is 731. The Morgan fingerprint density at radius 3 is 2.42 bits per heavy atom. The maximum absolute atomic E-state index is 12.9. The van der Waals surface area contributed by atoms with E-state index in [2.05, 4.69) is 0 Å². The second-order valence-electron chi connectivity index (χ2n) is 4.02. The van der Waals surface area contributed by atoms with E-state index < -0.39 is 28.7 Å². The van der Waals surface area contributed by atoms with Crippen LogP contribution in [-0.4, -0.2) is 15.6 Å². The van der Waals surface area contributed by atoms with Gasteiger partial charge in [-0.2, -0.15) is 13.2 Å². The fraction of sp³-hybridized carbons (Fsp3) is 0.167. The fourth-order valence-electron chi connectivity index (χ4n) is 1.82. The van der Waals surface area contributed by atoms with Gasteiger partial charge in [-0.3, -0.25) is 4.79 Å². The summed E-state index contributed by atoms with van der Waals surface area (Å²) in [6.07, 6.45) is -4.00. The van der Waals surface area contributed by atoms with Crippen molar-refractivity contribution in [2.24, 2.45) is 7.05 Å².